The Hall–Kier alpha value is -3.22. The first-order valence-corrected chi connectivity index (χ1v) is 7.67. The molecule has 2 rings (SSSR count). The van der Waals surface area contributed by atoms with Crippen molar-refractivity contribution in [3.05, 3.63) is 48.0 Å². The number of phenols is 1. The van der Waals surface area contributed by atoms with Crippen LogP contribution in [0.25, 0.3) is 0 Å². The summed E-state index contributed by atoms with van der Waals surface area (Å²) in [6.07, 6.45) is 1.41. The fraction of sp³-hybridized carbons (Fsp3) is 0.222. The molecule has 0 spiro atoms. The maximum absolute atomic E-state index is 11.7. The van der Waals surface area contributed by atoms with E-state index >= 15 is 0 Å². The Morgan fingerprint density at radius 1 is 1.16 bits per heavy atom. The number of aromatic hydroxyl groups is 1. The molecule has 0 unspecified atom stereocenters. The van der Waals surface area contributed by atoms with Crippen molar-refractivity contribution in [1.29, 1.82) is 0 Å². The van der Waals surface area contributed by atoms with Gasteiger partial charge in [-0.05, 0) is 55.0 Å². The highest BCUT2D eigenvalue weighted by Gasteiger charge is 2.03. The molecule has 2 N–H and O–H groups in total. The predicted molar refractivity (Wildman–Crippen MR) is 93.5 cm³/mol. The Balaban J connectivity index is 1.79. The first-order valence-electron chi connectivity index (χ1n) is 7.67. The average Bonchev–Trinajstić information content (AvgIpc) is 2.61. The Bertz CT molecular complexity index is 729. The summed E-state index contributed by atoms with van der Waals surface area (Å²) < 4.78 is 15.6. The Morgan fingerprint density at radius 3 is 2.44 bits per heavy atom. The summed E-state index contributed by atoms with van der Waals surface area (Å²) in [6.45, 7) is 2.33. The van der Waals surface area contributed by atoms with Crippen LogP contribution in [-0.4, -0.2) is 37.6 Å². The number of phenolic OH excluding ortho intramolecular Hbond substituents is 1. The molecule has 0 saturated heterocycles. The topological polar surface area (TPSA) is 89.4 Å². The second kappa shape index (κ2) is 9.17. The second-order valence-electron chi connectivity index (χ2n) is 4.92. The number of nitrogens with zero attached hydrogens (tertiary/aromatic N) is 1. The van der Waals surface area contributed by atoms with E-state index in [1.807, 2.05) is 6.92 Å². The lowest BCUT2D eigenvalue weighted by atomic mass is 10.2. The third-order valence-electron chi connectivity index (χ3n) is 3.11. The van der Waals surface area contributed by atoms with Crippen molar-refractivity contribution in [2.75, 3.05) is 20.3 Å². The molecule has 0 fully saturated rings. The molecule has 0 radical (unpaired) electrons. The summed E-state index contributed by atoms with van der Waals surface area (Å²) in [4.78, 5) is 11.7. The Labute approximate surface area is 145 Å². The van der Waals surface area contributed by atoms with Gasteiger partial charge in [0, 0.05) is 0 Å². The highest BCUT2D eigenvalue weighted by Crippen LogP contribution is 2.25. The summed E-state index contributed by atoms with van der Waals surface area (Å²) in [5.41, 5.74) is 2.97. The lowest BCUT2D eigenvalue weighted by Crippen LogP contribution is -2.24. The highest BCUT2D eigenvalue weighted by molar-refractivity contribution is 5.83. The zero-order chi connectivity index (χ0) is 18.1. The van der Waals surface area contributed by atoms with E-state index in [1.165, 1.54) is 19.4 Å². The molecule has 0 aliphatic rings. The van der Waals surface area contributed by atoms with Crippen LogP contribution in [0.2, 0.25) is 0 Å². The smallest absolute Gasteiger partial charge is 0.277 e. The molecule has 1 amide bonds. The van der Waals surface area contributed by atoms with Gasteiger partial charge in [-0.25, -0.2) is 5.43 Å². The minimum Gasteiger partial charge on any atom is -0.504 e. The second-order valence-corrected chi connectivity index (χ2v) is 4.92. The molecule has 7 heteroatoms. The van der Waals surface area contributed by atoms with Crippen molar-refractivity contribution >= 4 is 12.1 Å². The summed E-state index contributed by atoms with van der Waals surface area (Å²) in [7, 11) is 1.47. The van der Waals surface area contributed by atoms with E-state index in [1.54, 1.807) is 36.4 Å². The average molecular weight is 344 g/mol. The Morgan fingerprint density at radius 2 is 1.84 bits per heavy atom. The van der Waals surface area contributed by atoms with Crippen LogP contribution in [0, 0.1) is 0 Å². The number of rotatable bonds is 8. The van der Waals surface area contributed by atoms with Gasteiger partial charge in [0.1, 0.15) is 11.5 Å². The third-order valence-corrected chi connectivity index (χ3v) is 3.11. The minimum absolute atomic E-state index is 0.00314. The molecule has 2 aromatic rings. The van der Waals surface area contributed by atoms with Gasteiger partial charge < -0.3 is 19.3 Å². The zero-order valence-corrected chi connectivity index (χ0v) is 14.1. The van der Waals surface area contributed by atoms with Crippen molar-refractivity contribution in [3.8, 4) is 23.0 Å². The van der Waals surface area contributed by atoms with E-state index in [-0.39, 0.29) is 12.4 Å². The Kier molecular flexibility index (Phi) is 6.65. The molecular formula is C18H20N2O5. The van der Waals surface area contributed by atoms with Crippen molar-refractivity contribution in [3.63, 3.8) is 0 Å². The summed E-state index contributed by atoms with van der Waals surface area (Å²) in [5, 5.41) is 13.5. The van der Waals surface area contributed by atoms with Gasteiger partial charge in [-0.1, -0.05) is 0 Å². The molecule has 0 aromatic heterocycles. The number of benzene rings is 2. The third kappa shape index (κ3) is 5.72. The number of carbonyl (C=O) groups is 1. The molecule has 25 heavy (non-hydrogen) atoms. The van der Waals surface area contributed by atoms with Gasteiger partial charge in [0.05, 0.1) is 19.9 Å². The lowest BCUT2D eigenvalue weighted by molar-refractivity contribution is -0.123. The van der Waals surface area contributed by atoms with Gasteiger partial charge in [0.25, 0.3) is 5.91 Å². The van der Waals surface area contributed by atoms with Crippen LogP contribution in [0.4, 0.5) is 0 Å². The van der Waals surface area contributed by atoms with E-state index in [0.717, 1.165) is 5.75 Å². The SMILES string of the molecule is CCOc1ccc(OCC(=O)N/N=C/c2ccc(OC)c(O)c2)cc1. The summed E-state index contributed by atoms with van der Waals surface area (Å²) >= 11 is 0. The van der Waals surface area contributed by atoms with E-state index in [4.69, 9.17) is 14.2 Å². The molecule has 2 aromatic carbocycles. The molecule has 0 atom stereocenters. The first kappa shape index (κ1) is 18.1. The molecule has 0 heterocycles. The molecule has 0 saturated carbocycles. The fourth-order valence-electron chi connectivity index (χ4n) is 1.95. The van der Waals surface area contributed by atoms with Crippen molar-refractivity contribution < 1.29 is 24.1 Å². The van der Waals surface area contributed by atoms with Gasteiger partial charge >= 0.3 is 0 Å². The van der Waals surface area contributed by atoms with Crippen LogP contribution >= 0.6 is 0 Å². The molecule has 0 aliphatic carbocycles. The predicted octanol–water partition coefficient (Wildman–Crippen LogP) is 2.33. The number of hydrogen-bond donors (Lipinski definition) is 2. The van der Waals surface area contributed by atoms with Gasteiger partial charge in [-0.3, -0.25) is 4.79 Å². The van der Waals surface area contributed by atoms with Crippen LogP contribution < -0.4 is 19.6 Å². The molecule has 0 bridgehead atoms. The number of nitrogens with one attached hydrogen (secondary N) is 1. The van der Waals surface area contributed by atoms with Crippen LogP contribution in [0.3, 0.4) is 0 Å². The molecule has 132 valence electrons. The maximum Gasteiger partial charge on any atom is 0.277 e. The van der Waals surface area contributed by atoms with Crippen LogP contribution in [0.1, 0.15) is 12.5 Å². The zero-order valence-electron chi connectivity index (χ0n) is 14.1. The molecule has 7 nitrogen and oxygen atoms in total. The number of carbonyl (C=O) groups excluding carboxylic acids is 1. The minimum atomic E-state index is -0.400. The van der Waals surface area contributed by atoms with Crippen molar-refractivity contribution in [2.24, 2.45) is 5.10 Å². The van der Waals surface area contributed by atoms with E-state index < -0.39 is 5.91 Å². The van der Waals surface area contributed by atoms with Gasteiger partial charge in [-0.2, -0.15) is 5.10 Å². The highest BCUT2D eigenvalue weighted by atomic mass is 16.5. The van der Waals surface area contributed by atoms with E-state index in [0.29, 0.717) is 23.7 Å². The van der Waals surface area contributed by atoms with Crippen molar-refractivity contribution in [1.82, 2.24) is 5.43 Å². The maximum atomic E-state index is 11.7. The normalized spacial score (nSPS) is 10.5. The summed E-state index contributed by atoms with van der Waals surface area (Å²) in [6, 6.07) is 11.8. The molecular weight excluding hydrogens is 324 g/mol. The van der Waals surface area contributed by atoms with Gasteiger partial charge in [0.2, 0.25) is 0 Å². The van der Waals surface area contributed by atoms with Crippen LogP contribution in [0.5, 0.6) is 23.0 Å². The van der Waals surface area contributed by atoms with Crippen LogP contribution in [-0.2, 0) is 4.79 Å². The van der Waals surface area contributed by atoms with E-state index in [9.17, 15) is 9.90 Å². The van der Waals surface area contributed by atoms with E-state index in [2.05, 4.69) is 10.5 Å². The lowest BCUT2D eigenvalue weighted by Gasteiger charge is -2.07. The standard InChI is InChI=1S/C18H20N2O5/c1-3-24-14-5-7-15(8-6-14)25-12-18(22)20-19-11-13-4-9-17(23-2)16(21)10-13/h4-11,21H,3,12H2,1-2H3,(H,20,22)/b19-11+. The number of amides is 1. The number of hydrogen-bond acceptors (Lipinski definition) is 6. The fourth-order valence-corrected chi connectivity index (χ4v) is 1.95. The van der Waals surface area contributed by atoms with Crippen LogP contribution in [0.15, 0.2) is 47.6 Å². The number of methoxy groups -OCH3 is 1. The molecule has 0 aliphatic heterocycles. The quantitative estimate of drug-likeness (QED) is 0.567. The van der Waals surface area contributed by atoms with Gasteiger partial charge in [-0.15, -0.1) is 0 Å². The number of ether oxygens (including phenoxy) is 3. The largest absolute Gasteiger partial charge is 0.504 e. The van der Waals surface area contributed by atoms with Gasteiger partial charge in [0.15, 0.2) is 18.1 Å². The summed E-state index contributed by atoms with van der Waals surface area (Å²) in [5.74, 6) is 1.26. The van der Waals surface area contributed by atoms with Crippen molar-refractivity contribution in [2.45, 2.75) is 6.92 Å². The monoisotopic (exact) mass is 344 g/mol. The first-order chi connectivity index (χ1) is 12.1. The number of hydrazone groups is 1.